The number of nitrogens with one attached hydrogen (secondary N) is 1. The van der Waals surface area contributed by atoms with Crippen LogP contribution in [0, 0.1) is 6.92 Å². The minimum absolute atomic E-state index is 0.0315. The standard InChI is InChI=1S/C18H20F3N3O5/c1-3-4-5-13(16(25)23-14-8-11(2)29-24-14)28-17(26)12-6-7-15(22-9-12)27-10-18(19,20)21/h6-9,13H,3-5,10H2,1-2H3,(H,23,24,25). The fourth-order valence-corrected chi connectivity index (χ4v) is 2.20. The Bertz CT molecular complexity index is 821. The highest BCUT2D eigenvalue weighted by Gasteiger charge is 2.29. The smallest absolute Gasteiger partial charge is 0.422 e. The number of alkyl halides is 3. The minimum atomic E-state index is -4.50. The van der Waals surface area contributed by atoms with Gasteiger partial charge < -0.3 is 19.3 Å². The molecule has 29 heavy (non-hydrogen) atoms. The van der Waals surface area contributed by atoms with Crippen LogP contribution in [0.25, 0.3) is 0 Å². The lowest BCUT2D eigenvalue weighted by molar-refractivity contribution is -0.154. The Balaban J connectivity index is 2.00. The zero-order valence-electron chi connectivity index (χ0n) is 15.8. The number of pyridine rings is 1. The predicted molar refractivity (Wildman–Crippen MR) is 94.4 cm³/mol. The number of aryl methyl sites for hydroxylation is 1. The van der Waals surface area contributed by atoms with Crippen molar-refractivity contribution in [1.29, 1.82) is 0 Å². The van der Waals surface area contributed by atoms with Crippen LogP contribution in [0.15, 0.2) is 28.9 Å². The zero-order chi connectivity index (χ0) is 21.4. The van der Waals surface area contributed by atoms with E-state index in [2.05, 4.69) is 20.2 Å². The summed E-state index contributed by atoms with van der Waals surface area (Å²) in [5, 5.41) is 6.15. The lowest BCUT2D eigenvalue weighted by atomic mass is 10.1. The Kier molecular flexibility index (Phi) is 7.57. The molecule has 2 heterocycles. The molecule has 2 aromatic rings. The summed E-state index contributed by atoms with van der Waals surface area (Å²) in [6, 6.07) is 3.83. The molecule has 0 spiro atoms. The van der Waals surface area contributed by atoms with E-state index in [4.69, 9.17) is 9.26 Å². The largest absolute Gasteiger partial charge is 0.468 e. The van der Waals surface area contributed by atoms with Gasteiger partial charge in [-0.05, 0) is 25.8 Å². The van der Waals surface area contributed by atoms with Crippen molar-refractivity contribution in [3.8, 4) is 5.88 Å². The summed E-state index contributed by atoms with van der Waals surface area (Å²) in [4.78, 5) is 28.4. The first-order valence-corrected chi connectivity index (χ1v) is 8.78. The van der Waals surface area contributed by atoms with E-state index >= 15 is 0 Å². The molecule has 0 saturated carbocycles. The summed E-state index contributed by atoms with van der Waals surface area (Å²) in [6.07, 6.45) is -2.88. The number of hydrogen-bond acceptors (Lipinski definition) is 7. The summed E-state index contributed by atoms with van der Waals surface area (Å²) in [5.74, 6) is -1.01. The maximum absolute atomic E-state index is 12.4. The molecule has 11 heteroatoms. The van der Waals surface area contributed by atoms with Gasteiger partial charge in [0.05, 0.1) is 5.56 Å². The SMILES string of the molecule is CCCCC(OC(=O)c1ccc(OCC(F)(F)F)nc1)C(=O)Nc1cc(C)on1. The molecule has 0 aliphatic rings. The molecule has 0 saturated heterocycles. The topological polar surface area (TPSA) is 104 Å². The first-order valence-electron chi connectivity index (χ1n) is 8.78. The first kappa shape index (κ1) is 22.2. The summed E-state index contributed by atoms with van der Waals surface area (Å²) >= 11 is 0. The molecule has 2 rings (SSSR count). The summed E-state index contributed by atoms with van der Waals surface area (Å²) in [5.41, 5.74) is -0.0315. The molecule has 2 aromatic heterocycles. The van der Waals surface area contributed by atoms with Crippen LogP contribution in [-0.4, -0.2) is 40.9 Å². The van der Waals surface area contributed by atoms with Gasteiger partial charge in [-0.2, -0.15) is 13.2 Å². The molecule has 1 N–H and O–H groups in total. The van der Waals surface area contributed by atoms with Gasteiger partial charge in [-0.1, -0.05) is 18.5 Å². The van der Waals surface area contributed by atoms with Crippen molar-refractivity contribution in [2.75, 3.05) is 11.9 Å². The molecule has 0 bridgehead atoms. The van der Waals surface area contributed by atoms with E-state index in [0.29, 0.717) is 12.2 Å². The molecule has 0 radical (unpaired) electrons. The second-order valence-electron chi connectivity index (χ2n) is 6.14. The molecule has 158 valence electrons. The van der Waals surface area contributed by atoms with Gasteiger partial charge in [0.15, 0.2) is 18.5 Å². The Hall–Kier alpha value is -3.11. The summed E-state index contributed by atoms with van der Waals surface area (Å²) in [6.45, 7) is 2.08. The predicted octanol–water partition coefficient (Wildman–Crippen LogP) is 3.67. The van der Waals surface area contributed by atoms with Gasteiger partial charge in [-0.15, -0.1) is 0 Å². The van der Waals surface area contributed by atoms with Gasteiger partial charge in [0, 0.05) is 18.3 Å². The number of hydrogen-bond donors (Lipinski definition) is 1. The second-order valence-corrected chi connectivity index (χ2v) is 6.14. The zero-order valence-corrected chi connectivity index (χ0v) is 15.8. The number of amides is 1. The third-order valence-electron chi connectivity index (χ3n) is 3.60. The molecule has 0 aliphatic carbocycles. The van der Waals surface area contributed by atoms with Crippen molar-refractivity contribution >= 4 is 17.7 Å². The van der Waals surface area contributed by atoms with E-state index in [1.807, 2.05) is 6.92 Å². The van der Waals surface area contributed by atoms with E-state index in [-0.39, 0.29) is 23.7 Å². The van der Waals surface area contributed by atoms with Crippen molar-refractivity contribution in [3.63, 3.8) is 0 Å². The lowest BCUT2D eigenvalue weighted by Crippen LogP contribution is -2.32. The molecule has 0 aliphatic heterocycles. The van der Waals surface area contributed by atoms with Crippen LogP contribution in [0.4, 0.5) is 19.0 Å². The number of carbonyl (C=O) groups is 2. The van der Waals surface area contributed by atoms with Crippen molar-refractivity contribution in [2.24, 2.45) is 0 Å². The number of nitrogens with zero attached hydrogens (tertiary/aromatic N) is 2. The lowest BCUT2D eigenvalue weighted by Gasteiger charge is -2.16. The van der Waals surface area contributed by atoms with Crippen molar-refractivity contribution in [1.82, 2.24) is 10.1 Å². The number of rotatable bonds is 9. The van der Waals surface area contributed by atoms with Crippen LogP contribution in [0.5, 0.6) is 5.88 Å². The number of halogens is 3. The highest BCUT2D eigenvalue weighted by molar-refractivity contribution is 5.96. The Morgan fingerprint density at radius 1 is 1.31 bits per heavy atom. The molecule has 1 atom stereocenters. The fourth-order valence-electron chi connectivity index (χ4n) is 2.20. The Labute approximate surface area is 164 Å². The number of aromatic nitrogens is 2. The quantitative estimate of drug-likeness (QED) is 0.623. The highest BCUT2D eigenvalue weighted by Crippen LogP contribution is 2.18. The summed E-state index contributed by atoms with van der Waals surface area (Å²) in [7, 11) is 0. The third kappa shape index (κ3) is 7.43. The number of unbranched alkanes of at least 4 members (excludes halogenated alkanes) is 1. The van der Waals surface area contributed by atoms with Gasteiger partial charge >= 0.3 is 12.1 Å². The van der Waals surface area contributed by atoms with Crippen LogP contribution >= 0.6 is 0 Å². The summed E-state index contributed by atoms with van der Waals surface area (Å²) < 4.78 is 51.1. The normalized spacial score (nSPS) is 12.3. The van der Waals surface area contributed by atoms with Crippen LogP contribution in [-0.2, 0) is 9.53 Å². The second kappa shape index (κ2) is 9.89. The van der Waals surface area contributed by atoms with E-state index < -0.39 is 30.8 Å². The number of carbonyl (C=O) groups excluding carboxylic acids is 2. The van der Waals surface area contributed by atoms with Crippen molar-refractivity contribution < 1.29 is 36.8 Å². The maximum atomic E-state index is 12.4. The monoisotopic (exact) mass is 415 g/mol. The van der Waals surface area contributed by atoms with Crippen LogP contribution in [0.3, 0.4) is 0 Å². The number of ether oxygens (including phenoxy) is 2. The van der Waals surface area contributed by atoms with Gasteiger partial charge in [-0.25, -0.2) is 9.78 Å². The van der Waals surface area contributed by atoms with Gasteiger partial charge in [0.2, 0.25) is 5.88 Å². The van der Waals surface area contributed by atoms with Crippen LogP contribution < -0.4 is 10.1 Å². The van der Waals surface area contributed by atoms with Gasteiger partial charge in [0.25, 0.3) is 5.91 Å². The van der Waals surface area contributed by atoms with Crippen LogP contribution in [0.1, 0.15) is 42.3 Å². The Morgan fingerprint density at radius 3 is 2.62 bits per heavy atom. The van der Waals surface area contributed by atoms with Crippen LogP contribution in [0.2, 0.25) is 0 Å². The molecule has 0 fully saturated rings. The average molecular weight is 415 g/mol. The average Bonchev–Trinajstić information content (AvgIpc) is 3.07. The van der Waals surface area contributed by atoms with Gasteiger partial charge in [0.1, 0.15) is 5.76 Å². The third-order valence-corrected chi connectivity index (χ3v) is 3.60. The van der Waals surface area contributed by atoms with E-state index in [1.54, 1.807) is 6.92 Å². The molecule has 0 aromatic carbocycles. The first-order chi connectivity index (χ1) is 13.7. The van der Waals surface area contributed by atoms with Crippen molar-refractivity contribution in [2.45, 2.75) is 45.4 Å². The van der Waals surface area contributed by atoms with Crippen molar-refractivity contribution in [3.05, 3.63) is 35.7 Å². The minimum Gasteiger partial charge on any atom is -0.468 e. The maximum Gasteiger partial charge on any atom is 0.422 e. The van der Waals surface area contributed by atoms with E-state index in [9.17, 15) is 22.8 Å². The molecule has 1 unspecified atom stereocenters. The number of anilines is 1. The molecule has 8 nitrogen and oxygen atoms in total. The van der Waals surface area contributed by atoms with E-state index in [1.165, 1.54) is 12.1 Å². The number of esters is 1. The highest BCUT2D eigenvalue weighted by atomic mass is 19.4. The fraction of sp³-hybridized carbons (Fsp3) is 0.444. The van der Waals surface area contributed by atoms with Gasteiger partial charge in [-0.3, -0.25) is 4.79 Å². The Morgan fingerprint density at radius 2 is 2.07 bits per heavy atom. The molecular weight excluding hydrogens is 395 g/mol. The molecule has 1 amide bonds. The molecular formula is C18H20F3N3O5. The van der Waals surface area contributed by atoms with E-state index in [0.717, 1.165) is 18.7 Å².